The van der Waals surface area contributed by atoms with E-state index in [0.717, 1.165) is 42.0 Å². The number of ether oxygens (including phenoxy) is 2. The summed E-state index contributed by atoms with van der Waals surface area (Å²) in [6.45, 7) is 3.74. The van der Waals surface area contributed by atoms with Gasteiger partial charge in [-0.15, -0.1) is 0 Å². The molecule has 1 atom stereocenters. The smallest absolute Gasteiger partial charge is 0.383 e. The van der Waals surface area contributed by atoms with Crippen LogP contribution in [0.1, 0.15) is 22.3 Å². The maximum atomic E-state index is 13.9. The van der Waals surface area contributed by atoms with Crippen LogP contribution in [-0.4, -0.2) is 81.3 Å². The minimum Gasteiger partial charge on any atom is -0.383 e. The fraction of sp³-hybridized carbons (Fsp3) is 0.353. The predicted octanol–water partition coefficient (Wildman–Crippen LogP) is 5.30. The number of alkyl halides is 3. The third-order valence-corrected chi connectivity index (χ3v) is 7.55. The Bertz CT molecular complexity index is 1370. The number of methoxy groups -OCH3 is 1. The maximum absolute atomic E-state index is 13.9. The number of amides is 2. The molecule has 2 amide bonds. The van der Waals surface area contributed by atoms with Crippen LogP contribution in [-0.2, 0) is 38.2 Å². The monoisotopic (exact) mass is 609 g/mol. The number of carbonyl (C=O) groups is 2. The first-order chi connectivity index (χ1) is 21.2. The van der Waals surface area contributed by atoms with Gasteiger partial charge in [0.2, 0.25) is 11.8 Å². The Balaban J connectivity index is 1.65. The van der Waals surface area contributed by atoms with E-state index in [1.165, 1.54) is 29.2 Å². The van der Waals surface area contributed by atoms with Crippen LogP contribution in [0.3, 0.4) is 0 Å². The van der Waals surface area contributed by atoms with Crippen molar-refractivity contribution >= 4 is 23.6 Å². The summed E-state index contributed by atoms with van der Waals surface area (Å²) in [4.78, 5) is 33.1. The molecule has 0 aliphatic carbocycles. The van der Waals surface area contributed by atoms with Crippen LogP contribution in [0, 0.1) is 0 Å². The molecule has 0 unspecified atom stereocenters. The van der Waals surface area contributed by atoms with Crippen molar-refractivity contribution in [3.63, 3.8) is 0 Å². The van der Waals surface area contributed by atoms with Gasteiger partial charge in [-0.3, -0.25) is 9.59 Å². The summed E-state index contributed by atoms with van der Waals surface area (Å²) in [6.07, 6.45) is -1.39. The Hall–Kier alpha value is -4.15. The fourth-order valence-corrected chi connectivity index (χ4v) is 4.98. The average molecular weight is 610 g/mol. The van der Waals surface area contributed by atoms with Crippen LogP contribution < -0.4 is 4.90 Å². The van der Waals surface area contributed by atoms with Crippen molar-refractivity contribution in [2.45, 2.75) is 25.2 Å². The second kappa shape index (κ2) is 15.5. The molecule has 0 spiro atoms. The molecule has 0 N–H and O–H groups in total. The van der Waals surface area contributed by atoms with Gasteiger partial charge < -0.3 is 24.2 Å². The largest absolute Gasteiger partial charge is 0.416 e. The van der Waals surface area contributed by atoms with Gasteiger partial charge in [0, 0.05) is 58.5 Å². The molecule has 44 heavy (non-hydrogen) atoms. The molecule has 1 fully saturated rings. The van der Waals surface area contributed by atoms with Gasteiger partial charge in [-0.1, -0.05) is 54.6 Å². The predicted molar refractivity (Wildman–Crippen MR) is 164 cm³/mol. The number of morpholine rings is 1. The van der Waals surface area contributed by atoms with E-state index >= 15 is 0 Å². The molecule has 3 aromatic rings. The third-order valence-electron chi connectivity index (χ3n) is 7.55. The third kappa shape index (κ3) is 9.17. The normalized spacial score (nSPS) is 14.4. The van der Waals surface area contributed by atoms with E-state index < -0.39 is 23.7 Å². The number of nitrogens with zero attached hydrogens (tertiary/aromatic N) is 3. The Kier molecular flexibility index (Phi) is 11.6. The standard InChI is InChI=1S/C34H38F3N3O4/c1-38(18-21-43-2)33(42)31(24-27-6-4-3-5-7-27)40(25-28-10-15-30(16-11-28)39-19-22-44-23-20-39)32(41)17-12-26-8-13-29(14-9-26)34(35,36)37/h3-17,31H,18-25H2,1-2H3/t31-/m0/s1. The molecule has 3 aromatic carbocycles. The summed E-state index contributed by atoms with van der Waals surface area (Å²) >= 11 is 0. The molecule has 7 nitrogen and oxygen atoms in total. The van der Waals surface area contributed by atoms with Crippen molar-refractivity contribution in [2.24, 2.45) is 0 Å². The lowest BCUT2D eigenvalue weighted by Crippen LogP contribution is -2.51. The van der Waals surface area contributed by atoms with Crippen LogP contribution >= 0.6 is 0 Å². The molecule has 0 saturated carbocycles. The highest BCUT2D eigenvalue weighted by Gasteiger charge is 2.32. The van der Waals surface area contributed by atoms with E-state index in [-0.39, 0.29) is 18.9 Å². The first-order valence-corrected chi connectivity index (χ1v) is 14.5. The van der Waals surface area contributed by atoms with Gasteiger partial charge >= 0.3 is 6.18 Å². The van der Waals surface area contributed by atoms with Crippen molar-refractivity contribution < 1.29 is 32.2 Å². The van der Waals surface area contributed by atoms with Crippen molar-refractivity contribution in [3.05, 3.63) is 107 Å². The van der Waals surface area contributed by atoms with Gasteiger partial charge in [-0.2, -0.15) is 13.2 Å². The van der Waals surface area contributed by atoms with Gasteiger partial charge in [-0.25, -0.2) is 0 Å². The van der Waals surface area contributed by atoms with E-state index in [2.05, 4.69) is 4.90 Å². The zero-order valence-electron chi connectivity index (χ0n) is 25.0. The molecule has 1 heterocycles. The first-order valence-electron chi connectivity index (χ1n) is 14.5. The first kappa shape index (κ1) is 32.8. The zero-order valence-corrected chi connectivity index (χ0v) is 25.0. The number of likely N-dealkylation sites (N-methyl/N-ethyl adjacent to an activating group) is 1. The Labute approximate surface area is 256 Å². The van der Waals surface area contributed by atoms with Gasteiger partial charge in [0.1, 0.15) is 6.04 Å². The number of rotatable bonds is 12. The van der Waals surface area contributed by atoms with Gasteiger partial charge in [0.05, 0.1) is 25.4 Å². The van der Waals surface area contributed by atoms with Crippen molar-refractivity contribution in [1.29, 1.82) is 0 Å². The van der Waals surface area contributed by atoms with E-state index in [4.69, 9.17) is 9.47 Å². The lowest BCUT2D eigenvalue weighted by atomic mass is 10.0. The molecule has 1 aliphatic rings. The summed E-state index contributed by atoms with van der Waals surface area (Å²) in [5.41, 5.74) is 2.44. The number of carbonyl (C=O) groups excluding carboxylic acids is 2. The van der Waals surface area contributed by atoms with Gasteiger partial charge in [-0.05, 0) is 47.0 Å². The molecule has 10 heteroatoms. The van der Waals surface area contributed by atoms with E-state index in [0.29, 0.717) is 31.9 Å². The summed E-state index contributed by atoms with van der Waals surface area (Å²) < 4.78 is 49.7. The molecule has 1 saturated heterocycles. The molecule has 0 aromatic heterocycles. The molecular formula is C34H38F3N3O4. The van der Waals surface area contributed by atoms with Crippen LogP contribution in [0.4, 0.5) is 18.9 Å². The fourth-order valence-electron chi connectivity index (χ4n) is 4.98. The number of hydrogen-bond acceptors (Lipinski definition) is 5. The summed E-state index contributed by atoms with van der Waals surface area (Å²) in [5.74, 6) is -0.677. The van der Waals surface area contributed by atoms with Gasteiger partial charge in [0.25, 0.3) is 0 Å². The van der Waals surface area contributed by atoms with Crippen LogP contribution in [0.2, 0.25) is 0 Å². The summed E-state index contributed by atoms with van der Waals surface area (Å²) in [5, 5.41) is 0. The minimum absolute atomic E-state index is 0.154. The zero-order chi connectivity index (χ0) is 31.5. The number of benzene rings is 3. The highest BCUT2D eigenvalue weighted by Crippen LogP contribution is 2.29. The SMILES string of the molecule is COCCN(C)C(=O)[C@H](Cc1ccccc1)N(Cc1ccc(N2CCOCC2)cc1)C(=O)C=Cc1ccc(C(F)(F)F)cc1. The number of halogens is 3. The topological polar surface area (TPSA) is 62.3 Å². The van der Waals surface area contributed by atoms with E-state index in [1.54, 1.807) is 19.1 Å². The van der Waals surface area contributed by atoms with E-state index in [1.807, 2.05) is 54.6 Å². The Morgan fingerprint density at radius 3 is 2.23 bits per heavy atom. The second-order valence-corrected chi connectivity index (χ2v) is 10.6. The molecule has 1 aliphatic heterocycles. The van der Waals surface area contributed by atoms with Gasteiger partial charge in [0.15, 0.2) is 0 Å². The summed E-state index contributed by atoms with van der Waals surface area (Å²) in [7, 11) is 3.24. The molecule has 234 valence electrons. The molecular weight excluding hydrogens is 571 g/mol. The molecule has 0 radical (unpaired) electrons. The number of anilines is 1. The quantitative estimate of drug-likeness (QED) is 0.261. The minimum atomic E-state index is -4.45. The summed E-state index contributed by atoms with van der Waals surface area (Å²) in [6, 6.07) is 21.1. The van der Waals surface area contributed by atoms with Crippen molar-refractivity contribution in [1.82, 2.24) is 9.80 Å². The highest BCUT2D eigenvalue weighted by atomic mass is 19.4. The lowest BCUT2D eigenvalue weighted by Gasteiger charge is -2.33. The van der Waals surface area contributed by atoms with Crippen LogP contribution in [0.15, 0.2) is 84.9 Å². The van der Waals surface area contributed by atoms with Crippen LogP contribution in [0.25, 0.3) is 6.08 Å². The maximum Gasteiger partial charge on any atom is 0.416 e. The average Bonchev–Trinajstić information content (AvgIpc) is 3.04. The van der Waals surface area contributed by atoms with Crippen LogP contribution in [0.5, 0.6) is 0 Å². The molecule has 4 rings (SSSR count). The van der Waals surface area contributed by atoms with E-state index in [9.17, 15) is 22.8 Å². The van der Waals surface area contributed by atoms with Crippen molar-refractivity contribution in [3.8, 4) is 0 Å². The Morgan fingerprint density at radius 1 is 0.955 bits per heavy atom. The second-order valence-electron chi connectivity index (χ2n) is 10.6. The highest BCUT2D eigenvalue weighted by molar-refractivity contribution is 5.95. The number of hydrogen-bond donors (Lipinski definition) is 0. The molecule has 0 bridgehead atoms. The Morgan fingerprint density at radius 2 is 1.61 bits per heavy atom. The van der Waals surface area contributed by atoms with Crippen molar-refractivity contribution in [2.75, 3.05) is 58.5 Å². The lowest BCUT2D eigenvalue weighted by molar-refractivity contribution is -0.143.